The Bertz CT molecular complexity index is 2960. The summed E-state index contributed by atoms with van der Waals surface area (Å²) in [4.78, 5) is 0. The van der Waals surface area contributed by atoms with Gasteiger partial charge in [0.05, 0.1) is 62.7 Å². The van der Waals surface area contributed by atoms with Crippen molar-refractivity contribution in [2.75, 3.05) is 0 Å². The Morgan fingerprint density at radius 3 is 1.82 bits per heavy atom. The highest BCUT2D eigenvalue weighted by Gasteiger charge is 2.18. The molecule has 50 heavy (non-hydrogen) atoms. The molecule has 2 heterocycles. The monoisotopic (exact) mass is 635 g/mol. The van der Waals surface area contributed by atoms with E-state index in [2.05, 4.69) is 106 Å². The number of rotatable bonds is 4. The highest BCUT2D eigenvalue weighted by atomic mass is 15.0. The van der Waals surface area contributed by atoms with Crippen LogP contribution in [0.4, 0.5) is 0 Å². The maximum atomic E-state index is 9.92. The minimum Gasteiger partial charge on any atom is -0.309 e. The first-order valence-corrected chi connectivity index (χ1v) is 16.3. The van der Waals surface area contributed by atoms with E-state index in [1.807, 2.05) is 72.8 Å². The summed E-state index contributed by atoms with van der Waals surface area (Å²) in [6.07, 6.45) is 0. The smallest absolute Gasteiger partial charge is 0.0998 e. The van der Waals surface area contributed by atoms with Gasteiger partial charge in [-0.1, -0.05) is 72.8 Å². The molecule has 0 spiro atoms. The van der Waals surface area contributed by atoms with Gasteiger partial charge in [-0.15, -0.1) is 0 Å². The molecule has 5 heteroatoms. The number of benzene rings is 7. The van der Waals surface area contributed by atoms with Crippen LogP contribution in [0.1, 0.15) is 16.7 Å². The number of nitriles is 3. The molecule has 0 amide bonds. The van der Waals surface area contributed by atoms with Gasteiger partial charge in [-0.3, -0.25) is 0 Å². The normalized spacial score (nSPS) is 11.1. The molecule has 0 aliphatic rings. The van der Waals surface area contributed by atoms with Gasteiger partial charge in [-0.2, -0.15) is 15.8 Å². The first kappa shape index (κ1) is 28.8. The maximum absolute atomic E-state index is 9.92. The molecule has 9 rings (SSSR count). The SMILES string of the molecule is N#Cc1ccc(-n2c3ccccc3c3cc(C#N)ccc32)c(-c2cccc(-c3ccc(-n4c5ccccc5c5c(C#N)cccc54)cc3)c2)c1. The largest absolute Gasteiger partial charge is 0.309 e. The van der Waals surface area contributed by atoms with Gasteiger partial charge >= 0.3 is 0 Å². The molecular weight excluding hydrogens is 611 g/mol. The average molecular weight is 636 g/mol. The summed E-state index contributed by atoms with van der Waals surface area (Å²) in [6, 6.07) is 57.9. The third-order valence-corrected chi connectivity index (χ3v) is 9.62. The van der Waals surface area contributed by atoms with Gasteiger partial charge in [0.2, 0.25) is 0 Å². The van der Waals surface area contributed by atoms with E-state index >= 15 is 0 Å². The number of hydrogen-bond donors (Lipinski definition) is 0. The molecule has 0 saturated heterocycles. The second kappa shape index (κ2) is 11.4. The minimum absolute atomic E-state index is 0.580. The van der Waals surface area contributed by atoms with Gasteiger partial charge in [-0.25, -0.2) is 0 Å². The number of fused-ring (bicyclic) bond motifs is 6. The standard InChI is InChI=1S/C45H25N5/c46-26-29-15-21-42(50-40-12-3-1-10-36(40)39-24-30(27-47)16-22-43(39)50)38(23-29)33-8-5-7-32(25-33)31-17-19-35(20-18-31)49-41-13-4-2-11-37(41)45-34(28-48)9-6-14-44(45)49/h1-25H. The molecule has 0 radical (unpaired) electrons. The maximum Gasteiger partial charge on any atom is 0.0998 e. The molecule has 0 unspecified atom stereocenters. The van der Waals surface area contributed by atoms with Crippen LogP contribution in [0.15, 0.2) is 152 Å². The first-order chi connectivity index (χ1) is 24.7. The molecule has 2 aromatic heterocycles. The van der Waals surface area contributed by atoms with Crippen LogP contribution in [0.25, 0.3) is 77.2 Å². The van der Waals surface area contributed by atoms with Crippen LogP contribution in [0.2, 0.25) is 0 Å². The average Bonchev–Trinajstić information content (AvgIpc) is 3.70. The van der Waals surface area contributed by atoms with Crippen LogP contribution >= 0.6 is 0 Å². The number of nitrogens with zero attached hydrogens (tertiary/aromatic N) is 5. The van der Waals surface area contributed by atoms with Crippen LogP contribution in [0.5, 0.6) is 0 Å². The molecule has 0 saturated carbocycles. The van der Waals surface area contributed by atoms with Crippen LogP contribution in [0.3, 0.4) is 0 Å². The zero-order valence-corrected chi connectivity index (χ0v) is 26.7. The van der Waals surface area contributed by atoms with E-state index < -0.39 is 0 Å². The van der Waals surface area contributed by atoms with E-state index in [1.165, 1.54) is 0 Å². The lowest BCUT2D eigenvalue weighted by Crippen LogP contribution is -1.98. The Morgan fingerprint density at radius 1 is 0.400 bits per heavy atom. The second-order valence-electron chi connectivity index (χ2n) is 12.3. The Kier molecular flexibility index (Phi) is 6.56. The fraction of sp³-hybridized carbons (Fsp3) is 0. The van der Waals surface area contributed by atoms with E-state index in [0.29, 0.717) is 16.7 Å². The Morgan fingerprint density at radius 2 is 1.04 bits per heavy atom. The molecule has 9 aromatic rings. The quantitative estimate of drug-likeness (QED) is 0.193. The first-order valence-electron chi connectivity index (χ1n) is 16.3. The summed E-state index contributed by atoms with van der Waals surface area (Å²) in [5.41, 5.74) is 12.0. The molecule has 0 aliphatic heterocycles. The van der Waals surface area contributed by atoms with Crippen molar-refractivity contribution < 1.29 is 0 Å². The summed E-state index contributed by atoms with van der Waals surface area (Å²) >= 11 is 0. The molecule has 0 bridgehead atoms. The molecule has 0 N–H and O–H groups in total. The molecule has 7 aromatic carbocycles. The van der Waals surface area contributed by atoms with Crippen LogP contribution in [-0.2, 0) is 0 Å². The van der Waals surface area contributed by atoms with Crippen LogP contribution in [-0.4, -0.2) is 9.13 Å². The predicted molar refractivity (Wildman–Crippen MR) is 200 cm³/mol. The topological polar surface area (TPSA) is 81.2 Å². The second-order valence-corrected chi connectivity index (χ2v) is 12.3. The highest BCUT2D eigenvalue weighted by molar-refractivity contribution is 6.12. The number of para-hydroxylation sites is 2. The molecule has 230 valence electrons. The fourth-order valence-corrected chi connectivity index (χ4v) is 7.39. The fourth-order valence-electron chi connectivity index (χ4n) is 7.39. The Labute approximate surface area is 287 Å². The van der Waals surface area contributed by atoms with Crippen molar-refractivity contribution in [2.45, 2.75) is 0 Å². The number of hydrogen-bond acceptors (Lipinski definition) is 3. The van der Waals surface area contributed by atoms with E-state index in [-0.39, 0.29) is 0 Å². The van der Waals surface area contributed by atoms with Crippen molar-refractivity contribution in [3.63, 3.8) is 0 Å². The van der Waals surface area contributed by atoms with Crippen molar-refractivity contribution >= 4 is 43.6 Å². The lowest BCUT2D eigenvalue weighted by molar-refractivity contribution is 1.18. The van der Waals surface area contributed by atoms with E-state index in [0.717, 1.165) is 77.2 Å². The van der Waals surface area contributed by atoms with Gasteiger partial charge < -0.3 is 9.13 Å². The van der Waals surface area contributed by atoms with Gasteiger partial charge in [0, 0.05) is 32.8 Å². The Hall–Kier alpha value is -7.39. The molecule has 0 atom stereocenters. The summed E-state index contributed by atoms with van der Waals surface area (Å²) in [5.74, 6) is 0. The highest BCUT2D eigenvalue weighted by Crippen LogP contribution is 2.39. The molecule has 5 nitrogen and oxygen atoms in total. The zero-order chi connectivity index (χ0) is 33.8. The molecule has 0 aliphatic carbocycles. The van der Waals surface area contributed by atoms with Crippen molar-refractivity contribution in [1.82, 2.24) is 9.13 Å². The summed E-state index contributed by atoms with van der Waals surface area (Å²) < 4.78 is 4.45. The van der Waals surface area contributed by atoms with Crippen LogP contribution in [0, 0.1) is 34.0 Å². The van der Waals surface area contributed by atoms with Crippen LogP contribution < -0.4 is 0 Å². The minimum atomic E-state index is 0.580. The lowest BCUT2D eigenvalue weighted by atomic mass is 9.96. The van der Waals surface area contributed by atoms with E-state index in [4.69, 9.17) is 0 Å². The van der Waals surface area contributed by atoms with Crippen molar-refractivity contribution in [3.05, 3.63) is 168 Å². The summed E-state index contributed by atoms with van der Waals surface area (Å²) in [7, 11) is 0. The third-order valence-electron chi connectivity index (χ3n) is 9.62. The van der Waals surface area contributed by atoms with Gasteiger partial charge in [0.15, 0.2) is 0 Å². The third kappa shape index (κ3) is 4.38. The molecule has 0 fully saturated rings. The zero-order valence-electron chi connectivity index (χ0n) is 26.7. The number of aromatic nitrogens is 2. The molecular formula is C45H25N5. The van der Waals surface area contributed by atoms with Crippen molar-refractivity contribution in [1.29, 1.82) is 15.8 Å². The van der Waals surface area contributed by atoms with Gasteiger partial charge in [0.25, 0.3) is 0 Å². The van der Waals surface area contributed by atoms with Gasteiger partial charge in [0.1, 0.15) is 0 Å². The summed E-state index contributed by atoms with van der Waals surface area (Å²) in [6.45, 7) is 0. The Balaban J connectivity index is 1.18. The predicted octanol–water partition coefficient (Wildman–Crippen LogP) is 10.8. The van der Waals surface area contributed by atoms with E-state index in [9.17, 15) is 15.8 Å². The summed E-state index contributed by atoms with van der Waals surface area (Å²) in [5, 5.41) is 33.5. The van der Waals surface area contributed by atoms with Gasteiger partial charge in [-0.05, 0) is 95.6 Å². The lowest BCUT2D eigenvalue weighted by Gasteiger charge is -2.15. The van der Waals surface area contributed by atoms with Crippen molar-refractivity contribution in [2.24, 2.45) is 0 Å². The van der Waals surface area contributed by atoms with E-state index in [1.54, 1.807) is 0 Å². The van der Waals surface area contributed by atoms with Crippen molar-refractivity contribution in [3.8, 4) is 51.8 Å².